The molecule has 2 aromatic rings. The van der Waals surface area contributed by atoms with Crippen molar-refractivity contribution in [2.45, 2.75) is 13.5 Å². The average Bonchev–Trinajstić information content (AvgIpc) is 2.33. The molecule has 3 N–H and O–H groups in total. The number of nitrogens with one attached hydrogen (secondary N) is 1. The second-order valence-corrected chi connectivity index (χ2v) is 4.82. The molecule has 3 heteroatoms. The lowest BCUT2D eigenvalue weighted by Crippen LogP contribution is -2.03. The molecule has 0 aliphatic carbocycles. The maximum absolute atomic E-state index is 5.90. The van der Waals surface area contributed by atoms with E-state index in [2.05, 4.69) is 34.2 Å². The molecule has 0 radical (unpaired) electrons. The summed E-state index contributed by atoms with van der Waals surface area (Å²) in [7, 11) is 0. The highest BCUT2D eigenvalue weighted by Gasteiger charge is 2.02. The molecular formula is C14H15BrN2. The van der Waals surface area contributed by atoms with Gasteiger partial charge in [-0.3, -0.25) is 0 Å². The lowest BCUT2D eigenvalue weighted by Gasteiger charge is -2.12. The third-order valence-electron chi connectivity index (χ3n) is 2.79. The third kappa shape index (κ3) is 2.80. The molecule has 0 amide bonds. The summed E-state index contributed by atoms with van der Waals surface area (Å²) < 4.78 is 1.11. The number of nitrogens with two attached hydrogens (primary N) is 1. The van der Waals surface area contributed by atoms with Crippen LogP contribution >= 0.6 is 15.9 Å². The van der Waals surface area contributed by atoms with Gasteiger partial charge < -0.3 is 11.1 Å². The lowest BCUT2D eigenvalue weighted by molar-refractivity contribution is 1.14. The van der Waals surface area contributed by atoms with Crippen molar-refractivity contribution >= 4 is 27.3 Å². The minimum Gasteiger partial charge on any atom is -0.398 e. The molecule has 0 unspecified atom stereocenters. The van der Waals surface area contributed by atoms with Crippen LogP contribution in [-0.4, -0.2) is 0 Å². The van der Waals surface area contributed by atoms with Gasteiger partial charge in [-0.05, 0) is 36.2 Å². The number of para-hydroxylation sites is 1. The van der Waals surface area contributed by atoms with Gasteiger partial charge in [0.15, 0.2) is 0 Å². The van der Waals surface area contributed by atoms with Crippen LogP contribution in [0.25, 0.3) is 0 Å². The lowest BCUT2D eigenvalue weighted by atomic mass is 10.1. The van der Waals surface area contributed by atoms with Crippen molar-refractivity contribution in [3.8, 4) is 0 Å². The van der Waals surface area contributed by atoms with Crippen molar-refractivity contribution in [1.82, 2.24) is 0 Å². The fourth-order valence-corrected chi connectivity index (χ4v) is 2.05. The molecule has 0 aliphatic heterocycles. The van der Waals surface area contributed by atoms with Crippen LogP contribution in [0.2, 0.25) is 0 Å². The number of benzene rings is 2. The Morgan fingerprint density at radius 3 is 2.65 bits per heavy atom. The summed E-state index contributed by atoms with van der Waals surface area (Å²) in [6.07, 6.45) is 0. The van der Waals surface area contributed by atoms with Gasteiger partial charge >= 0.3 is 0 Å². The summed E-state index contributed by atoms with van der Waals surface area (Å²) in [5, 5.41) is 3.40. The molecule has 0 bridgehead atoms. The zero-order valence-electron chi connectivity index (χ0n) is 9.70. The first-order valence-corrected chi connectivity index (χ1v) is 6.30. The van der Waals surface area contributed by atoms with Gasteiger partial charge in [0.25, 0.3) is 0 Å². The summed E-state index contributed by atoms with van der Waals surface area (Å²) in [4.78, 5) is 0. The zero-order valence-corrected chi connectivity index (χ0v) is 11.3. The summed E-state index contributed by atoms with van der Waals surface area (Å²) in [6, 6.07) is 14.0. The standard InChI is InChI=1S/C14H15BrN2/c1-10-12(15)6-4-8-14(10)17-9-11-5-2-3-7-13(11)16/h2-8,17H,9,16H2,1H3. The fraction of sp³-hybridized carbons (Fsp3) is 0.143. The fourth-order valence-electron chi connectivity index (χ4n) is 1.68. The Balaban J connectivity index is 2.13. The van der Waals surface area contributed by atoms with Crippen LogP contribution in [0, 0.1) is 6.92 Å². The highest BCUT2D eigenvalue weighted by atomic mass is 79.9. The van der Waals surface area contributed by atoms with Crippen molar-refractivity contribution < 1.29 is 0 Å². The number of hydrogen-bond acceptors (Lipinski definition) is 2. The molecule has 0 aromatic heterocycles. The summed E-state index contributed by atoms with van der Waals surface area (Å²) >= 11 is 3.52. The highest BCUT2D eigenvalue weighted by molar-refractivity contribution is 9.10. The van der Waals surface area contributed by atoms with Crippen LogP contribution in [0.5, 0.6) is 0 Å². The first-order valence-electron chi connectivity index (χ1n) is 5.51. The summed E-state index contributed by atoms with van der Waals surface area (Å²) in [6.45, 7) is 2.82. The molecule has 0 aliphatic rings. The maximum Gasteiger partial charge on any atom is 0.0421 e. The van der Waals surface area contributed by atoms with Crippen LogP contribution in [0.15, 0.2) is 46.9 Å². The second kappa shape index (κ2) is 5.23. The van der Waals surface area contributed by atoms with Gasteiger partial charge in [-0.25, -0.2) is 0 Å². The summed E-state index contributed by atoms with van der Waals surface area (Å²) in [5.74, 6) is 0. The van der Waals surface area contributed by atoms with Crippen molar-refractivity contribution in [3.05, 3.63) is 58.1 Å². The SMILES string of the molecule is Cc1c(Br)cccc1NCc1ccccc1N. The number of anilines is 2. The Hall–Kier alpha value is -1.48. The Bertz CT molecular complexity index is 523. The van der Waals surface area contributed by atoms with Gasteiger partial charge in [-0.15, -0.1) is 0 Å². The van der Waals surface area contributed by atoms with E-state index in [0.29, 0.717) is 0 Å². The van der Waals surface area contributed by atoms with Crippen LogP contribution < -0.4 is 11.1 Å². The van der Waals surface area contributed by atoms with Gasteiger partial charge in [0, 0.05) is 22.4 Å². The van der Waals surface area contributed by atoms with E-state index in [-0.39, 0.29) is 0 Å². The van der Waals surface area contributed by atoms with E-state index in [1.807, 2.05) is 36.4 Å². The van der Waals surface area contributed by atoms with Gasteiger partial charge in [-0.2, -0.15) is 0 Å². The first-order chi connectivity index (χ1) is 8.18. The Morgan fingerprint density at radius 2 is 1.88 bits per heavy atom. The molecule has 88 valence electrons. The van der Waals surface area contributed by atoms with Crippen LogP contribution in [0.3, 0.4) is 0 Å². The topological polar surface area (TPSA) is 38.0 Å². The Labute approximate surface area is 110 Å². The second-order valence-electron chi connectivity index (χ2n) is 3.96. The van der Waals surface area contributed by atoms with E-state index >= 15 is 0 Å². The van der Waals surface area contributed by atoms with Crippen molar-refractivity contribution in [3.63, 3.8) is 0 Å². The number of hydrogen-bond donors (Lipinski definition) is 2. The van der Waals surface area contributed by atoms with Crippen molar-refractivity contribution in [2.24, 2.45) is 0 Å². The average molecular weight is 291 g/mol. The number of rotatable bonds is 3. The monoisotopic (exact) mass is 290 g/mol. The molecule has 2 rings (SSSR count). The number of nitrogen functional groups attached to an aromatic ring is 1. The number of halogens is 1. The van der Waals surface area contributed by atoms with Crippen molar-refractivity contribution in [2.75, 3.05) is 11.1 Å². The normalized spacial score (nSPS) is 10.2. The van der Waals surface area contributed by atoms with E-state index in [4.69, 9.17) is 5.73 Å². The van der Waals surface area contributed by atoms with Gasteiger partial charge in [0.05, 0.1) is 0 Å². The molecule has 0 saturated carbocycles. The smallest absolute Gasteiger partial charge is 0.0421 e. The molecular weight excluding hydrogens is 276 g/mol. The molecule has 0 spiro atoms. The highest BCUT2D eigenvalue weighted by Crippen LogP contribution is 2.24. The predicted molar refractivity (Wildman–Crippen MR) is 77.1 cm³/mol. The van der Waals surface area contributed by atoms with Crippen LogP contribution in [0.4, 0.5) is 11.4 Å². The molecule has 17 heavy (non-hydrogen) atoms. The molecule has 0 fully saturated rings. The minimum atomic E-state index is 0.740. The van der Waals surface area contributed by atoms with E-state index in [9.17, 15) is 0 Å². The van der Waals surface area contributed by atoms with Gasteiger partial charge in [-0.1, -0.05) is 40.2 Å². The van der Waals surface area contributed by atoms with Crippen LogP contribution in [-0.2, 0) is 6.54 Å². The Morgan fingerprint density at radius 1 is 1.12 bits per heavy atom. The van der Waals surface area contributed by atoms with E-state index < -0.39 is 0 Å². The van der Waals surface area contributed by atoms with E-state index in [1.165, 1.54) is 5.56 Å². The molecule has 2 nitrogen and oxygen atoms in total. The largest absolute Gasteiger partial charge is 0.398 e. The molecule has 0 heterocycles. The molecule has 0 saturated heterocycles. The first kappa shape index (κ1) is 12.0. The van der Waals surface area contributed by atoms with E-state index in [1.54, 1.807) is 0 Å². The minimum absolute atomic E-state index is 0.740. The van der Waals surface area contributed by atoms with Crippen LogP contribution in [0.1, 0.15) is 11.1 Å². The zero-order chi connectivity index (χ0) is 12.3. The predicted octanol–water partition coefficient (Wildman–Crippen LogP) is 3.95. The quantitative estimate of drug-likeness (QED) is 0.840. The summed E-state index contributed by atoms with van der Waals surface area (Å²) in [5.41, 5.74) is 10.2. The van der Waals surface area contributed by atoms with Gasteiger partial charge in [0.1, 0.15) is 0 Å². The molecule has 2 aromatic carbocycles. The van der Waals surface area contributed by atoms with E-state index in [0.717, 1.165) is 28.0 Å². The third-order valence-corrected chi connectivity index (χ3v) is 3.65. The van der Waals surface area contributed by atoms with Gasteiger partial charge in [0.2, 0.25) is 0 Å². The maximum atomic E-state index is 5.90. The molecule has 0 atom stereocenters. The van der Waals surface area contributed by atoms with Crippen molar-refractivity contribution in [1.29, 1.82) is 0 Å². The Kier molecular flexibility index (Phi) is 3.69.